The van der Waals surface area contributed by atoms with Gasteiger partial charge >= 0.3 is 0 Å². The summed E-state index contributed by atoms with van der Waals surface area (Å²) in [6.45, 7) is 4.62. The summed E-state index contributed by atoms with van der Waals surface area (Å²) in [5.41, 5.74) is 1.57. The zero-order valence-electron chi connectivity index (χ0n) is 11.1. The van der Waals surface area contributed by atoms with Crippen molar-refractivity contribution in [3.05, 3.63) is 28.8 Å². The molecule has 0 saturated carbocycles. The van der Waals surface area contributed by atoms with Crippen LogP contribution in [0.2, 0.25) is 5.02 Å². The van der Waals surface area contributed by atoms with Crippen molar-refractivity contribution >= 4 is 29.1 Å². The number of anilines is 1. The van der Waals surface area contributed by atoms with Gasteiger partial charge in [-0.25, -0.2) is 0 Å². The molecule has 1 heterocycles. The van der Waals surface area contributed by atoms with Crippen molar-refractivity contribution in [1.29, 1.82) is 0 Å². The Hall–Kier alpha value is -1.55. The summed E-state index contributed by atoms with van der Waals surface area (Å²) in [7, 11) is 0. The van der Waals surface area contributed by atoms with Crippen LogP contribution in [0.4, 0.5) is 5.69 Å². The second-order valence-electron chi connectivity index (χ2n) is 4.91. The number of hydrogen-bond acceptors (Lipinski definition) is 2. The third kappa shape index (κ3) is 3.26. The van der Waals surface area contributed by atoms with Gasteiger partial charge in [-0.3, -0.25) is 9.59 Å². The van der Waals surface area contributed by atoms with Crippen LogP contribution in [0.15, 0.2) is 18.2 Å². The lowest BCUT2D eigenvalue weighted by Crippen LogP contribution is -2.50. The van der Waals surface area contributed by atoms with Crippen LogP contribution in [0, 0.1) is 6.92 Å². The monoisotopic (exact) mass is 280 g/mol. The van der Waals surface area contributed by atoms with Crippen LogP contribution in [0.25, 0.3) is 0 Å². The third-order valence-corrected chi connectivity index (χ3v) is 3.66. The maximum Gasteiger partial charge on any atom is 0.233 e. The number of carbonyl (C=O) groups excluding carboxylic acids is 2. The Morgan fingerprint density at radius 2 is 2.21 bits per heavy atom. The Balaban J connectivity index is 1.94. The number of nitrogens with zero attached hydrogens (tertiary/aromatic N) is 1. The number of likely N-dealkylation sites (tertiary alicyclic amines) is 1. The summed E-state index contributed by atoms with van der Waals surface area (Å²) >= 11 is 5.88. The molecule has 5 heteroatoms. The van der Waals surface area contributed by atoms with Crippen molar-refractivity contribution in [3.63, 3.8) is 0 Å². The molecule has 1 aromatic carbocycles. The predicted octanol–water partition coefficient (Wildman–Crippen LogP) is 2.60. The van der Waals surface area contributed by atoms with Gasteiger partial charge in [0.05, 0.1) is 0 Å². The topological polar surface area (TPSA) is 49.4 Å². The van der Waals surface area contributed by atoms with Crippen LogP contribution in [-0.2, 0) is 9.59 Å². The van der Waals surface area contributed by atoms with Gasteiger partial charge in [0.15, 0.2) is 0 Å². The standard InChI is InChI=1S/C14H17ClN2O2/c1-9-3-4-11(15)7-12(9)16-13(18)8-14(19)17-6-5-10(17)2/h3-4,7,10H,5-6,8H2,1-2H3,(H,16,18). The average molecular weight is 281 g/mol. The van der Waals surface area contributed by atoms with E-state index >= 15 is 0 Å². The van der Waals surface area contributed by atoms with E-state index in [1.807, 2.05) is 19.9 Å². The first kappa shape index (κ1) is 13.9. The van der Waals surface area contributed by atoms with Crippen molar-refractivity contribution in [1.82, 2.24) is 4.90 Å². The fourth-order valence-electron chi connectivity index (χ4n) is 2.05. The molecule has 0 aliphatic carbocycles. The summed E-state index contributed by atoms with van der Waals surface area (Å²) in [6, 6.07) is 5.54. The van der Waals surface area contributed by atoms with Gasteiger partial charge in [-0.15, -0.1) is 0 Å². The van der Waals surface area contributed by atoms with Crippen LogP contribution in [-0.4, -0.2) is 29.3 Å². The lowest BCUT2D eigenvalue weighted by molar-refractivity contribution is -0.140. The van der Waals surface area contributed by atoms with E-state index in [4.69, 9.17) is 11.6 Å². The average Bonchev–Trinajstić information content (AvgIpc) is 2.31. The Labute approximate surface area is 117 Å². The lowest BCUT2D eigenvalue weighted by Gasteiger charge is -2.38. The van der Waals surface area contributed by atoms with E-state index in [2.05, 4.69) is 5.32 Å². The number of halogens is 1. The zero-order valence-corrected chi connectivity index (χ0v) is 11.8. The number of carbonyl (C=O) groups is 2. The molecule has 1 atom stereocenters. The molecule has 0 bridgehead atoms. The first-order valence-corrected chi connectivity index (χ1v) is 6.70. The van der Waals surface area contributed by atoms with Gasteiger partial charge in [0.2, 0.25) is 11.8 Å². The number of amides is 2. The smallest absolute Gasteiger partial charge is 0.233 e. The molecule has 1 N–H and O–H groups in total. The Bertz CT molecular complexity index is 516. The van der Waals surface area contributed by atoms with E-state index in [1.165, 1.54) is 0 Å². The van der Waals surface area contributed by atoms with Gasteiger partial charge in [-0.2, -0.15) is 0 Å². The second-order valence-corrected chi connectivity index (χ2v) is 5.35. The molecule has 2 amide bonds. The van der Waals surface area contributed by atoms with Gasteiger partial charge < -0.3 is 10.2 Å². The van der Waals surface area contributed by atoms with Crippen molar-refractivity contribution in [2.45, 2.75) is 32.7 Å². The third-order valence-electron chi connectivity index (χ3n) is 3.43. The van der Waals surface area contributed by atoms with Crippen LogP contribution in [0.1, 0.15) is 25.3 Å². The summed E-state index contributed by atoms with van der Waals surface area (Å²) in [4.78, 5) is 25.4. The first-order valence-electron chi connectivity index (χ1n) is 6.33. The molecule has 1 unspecified atom stereocenters. The molecule has 0 aromatic heterocycles. The van der Waals surface area contributed by atoms with E-state index in [0.29, 0.717) is 10.7 Å². The fourth-order valence-corrected chi connectivity index (χ4v) is 2.22. The lowest BCUT2D eigenvalue weighted by atomic mass is 10.0. The van der Waals surface area contributed by atoms with E-state index in [-0.39, 0.29) is 24.3 Å². The van der Waals surface area contributed by atoms with Gasteiger partial charge in [0, 0.05) is 23.3 Å². The van der Waals surface area contributed by atoms with Crippen molar-refractivity contribution in [3.8, 4) is 0 Å². The number of benzene rings is 1. The highest BCUT2D eigenvalue weighted by molar-refractivity contribution is 6.31. The largest absolute Gasteiger partial charge is 0.339 e. The van der Waals surface area contributed by atoms with E-state index in [9.17, 15) is 9.59 Å². The van der Waals surface area contributed by atoms with Crippen LogP contribution in [0.3, 0.4) is 0 Å². The van der Waals surface area contributed by atoms with Gasteiger partial charge in [0.1, 0.15) is 6.42 Å². The zero-order chi connectivity index (χ0) is 14.0. The van der Waals surface area contributed by atoms with Gasteiger partial charge in [0.25, 0.3) is 0 Å². The molecule has 4 nitrogen and oxygen atoms in total. The second kappa shape index (κ2) is 5.61. The van der Waals surface area contributed by atoms with Crippen LogP contribution in [0.5, 0.6) is 0 Å². The predicted molar refractivity (Wildman–Crippen MR) is 75.2 cm³/mol. The summed E-state index contributed by atoms with van der Waals surface area (Å²) < 4.78 is 0. The van der Waals surface area contributed by atoms with Gasteiger partial charge in [-0.05, 0) is 38.0 Å². The molecule has 1 fully saturated rings. The molecule has 1 aliphatic rings. The molecular weight excluding hydrogens is 264 g/mol. The molecule has 1 aromatic rings. The van der Waals surface area contributed by atoms with Crippen molar-refractivity contribution in [2.24, 2.45) is 0 Å². The fraction of sp³-hybridized carbons (Fsp3) is 0.429. The highest BCUT2D eigenvalue weighted by atomic mass is 35.5. The SMILES string of the molecule is Cc1ccc(Cl)cc1NC(=O)CC(=O)N1CCC1C. The maximum atomic E-state index is 11.8. The molecule has 1 saturated heterocycles. The quantitative estimate of drug-likeness (QED) is 0.865. The summed E-state index contributed by atoms with van der Waals surface area (Å²) in [6.07, 6.45) is 0.900. The Morgan fingerprint density at radius 1 is 1.47 bits per heavy atom. The Kier molecular flexibility index (Phi) is 4.10. The van der Waals surface area contributed by atoms with E-state index in [0.717, 1.165) is 18.5 Å². The molecular formula is C14H17ClN2O2. The highest BCUT2D eigenvalue weighted by Gasteiger charge is 2.29. The van der Waals surface area contributed by atoms with Gasteiger partial charge in [-0.1, -0.05) is 17.7 Å². The summed E-state index contributed by atoms with van der Waals surface area (Å²) in [5, 5.41) is 3.29. The number of aryl methyl sites for hydroxylation is 1. The molecule has 0 spiro atoms. The van der Waals surface area contributed by atoms with Crippen molar-refractivity contribution in [2.75, 3.05) is 11.9 Å². The number of hydrogen-bond donors (Lipinski definition) is 1. The Morgan fingerprint density at radius 3 is 2.79 bits per heavy atom. The molecule has 2 rings (SSSR count). The summed E-state index contributed by atoms with van der Waals surface area (Å²) in [5.74, 6) is -0.412. The van der Waals surface area contributed by atoms with E-state index in [1.54, 1.807) is 17.0 Å². The number of nitrogens with one attached hydrogen (secondary N) is 1. The minimum Gasteiger partial charge on any atom is -0.339 e. The van der Waals surface area contributed by atoms with E-state index < -0.39 is 0 Å². The molecule has 19 heavy (non-hydrogen) atoms. The number of rotatable bonds is 3. The first-order chi connectivity index (χ1) is 8.97. The maximum absolute atomic E-state index is 11.8. The van der Waals surface area contributed by atoms with Crippen LogP contribution >= 0.6 is 11.6 Å². The molecule has 0 radical (unpaired) electrons. The minimum absolute atomic E-state index is 0.115. The normalized spacial score (nSPS) is 17.8. The minimum atomic E-state index is -0.297. The molecule has 1 aliphatic heterocycles. The van der Waals surface area contributed by atoms with Crippen molar-refractivity contribution < 1.29 is 9.59 Å². The molecule has 102 valence electrons. The van der Waals surface area contributed by atoms with Crippen LogP contribution < -0.4 is 5.32 Å². The highest BCUT2D eigenvalue weighted by Crippen LogP contribution is 2.21.